The average Bonchev–Trinajstić information content (AvgIpc) is 2.37. The summed E-state index contributed by atoms with van der Waals surface area (Å²) in [5.74, 6) is 0. The average molecular weight is 265 g/mol. The van der Waals surface area contributed by atoms with Crippen LogP contribution in [0.3, 0.4) is 0 Å². The molecule has 0 bridgehead atoms. The summed E-state index contributed by atoms with van der Waals surface area (Å²) < 4.78 is 1.07. The molecule has 2 N–H and O–H groups in total. The highest BCUT2D eigenvalue weighted by atomic mass is 15.3. The molecule has 0 radical (unpaired) electrons. The topological polar surface area (TPSA) is 26.0 Å². The van der Waals surface area contributed by atoms with Crippen molar-refractivity contribution in [3.63, 3.8) is 0 Å². The largest absolute Gasteiger partial charge is 0.399 e. The van der Waals surface area contributed by atoms with E-state index in [-0.39, 0.29) is 0 Å². The Kier molecular flexibility index (Phi) is 9.32. The second-order valence-electron chi connectivity index (χ2n) is 6.16. The molecule has 0 amide bonds. The van der Waals surface area contributed by atoms with Crippen LogP contribution in [0.5, 0.6) is 0 Å². The van der Waals surface area contributed by atoms with Crippen molar-refractivity contribution in [3.8, 4) is 0 Å². The van der Waals surface area contributed by atoms with E-state index in [1.807, 2.05) is 12.1 Å². The van der Waals surface area contributed by atoms with Gasteiger partial charge in [-0.25, -0.2) is 0 Å². The minimum absolute atomic E-state index is 0.859. The van der Waals surface area contributed by atoms with Gasteiger partial charge in [0.05, 0.1) is 27.7 Å². The first-order valence-electron chi connectivity index (χ1n) is 7.54. The zero-order chi connectivity index (χ0) is 14.7. The van der Waals surface area contributed by atoms with Gasteiger partial charge in [-0.1, -0.05) is 38.3 Å². The van der Waals surface area contributed by atoms with Crippen LogP contribution in [0.1, 0.15) is 45.1 Å². The van der Waals surface area contributed by atoms with Crippen molar-refractivity contribution >= 4 is 5.69 Å². The van der Waals surface area contributed by atoms with Crippen LogP contribution in [0.15, 0.2) is 24.3 Å². The van der Waals surface area contributed by atoms with E-state index >= 15 is 0 Å². The Bertz CT molecular complexity index is 309. The van der Waals surface area contributed by atoms with E-state index in [0.717, 1.165) is 10.2 Å². The smallest absolute Gasteiger partial charge is 0.0751 e. The number of rotatable bonds is 6. The maximum atomic E-state index is 5.60. The van der Waals surface area contributed by atoms with Gasteiger partial charge in [-0.3, -0.25) is 0 Å². The molecule has 1 aromatic carbocycles. The summed E-state index contributed by atoms with van der Waals surface area (Å²) in [6.45, 7) is 5.63. The molecule has 0 saturated heterocycles. The Labute approximate surface area is 120 Å². The molecule has 0 spiro atoms. The Balaban J connectivity index is 0.000000459. The van der Waals surface area contributed by atoms with Crippen LogP contribution in [0.4, 0.5) is 5.69 Å². The first-order valence-corrected chi connectivity index (χ1v) is 7.54. The van der Waals surface area contributed by atoms with Gasteiger partial charge in [-0.05, 0) is 37.5 Å². The number of hydrogen-bond donors (Lipinski definition) is 1. The van der Waals surface area contributed by atoms with Crippen LogP contribution in [0.2, 0.25) is 0 Å². The highest BCUT2D eigenvalue weighted by Gasteiger charge is 1.97. The van der Waals surface area contributed by atoms with E-state index in [1.54, 1.807) is 0 Å². The van der Waals surface area contributed by atoms with E-state index in [9.17, 15) is 0 Å². The molecular weight excluding hydrogens is 232 g/mol. The van der Waals surface area contributed by atoms with Gasteiger partial charge in [0.1, 0.15) is 0 Å². The highest BCUT2D eigenvalue weighted by Crippen LogP contribution is 2.10. The van der Waals surface area contributed by atoms with E-state index in [4.69, 9.17) is 5.73 Å². The molecule has 0 aliphatic rings. The van der Waals surface area contributed by atoms with Gasteiger partial charge in [-0.15, -0.1) is 0 Å². The summed E-state index contributed by atoms with van der Waals surface area (Å²) in [5, 5.41) is 0. The number of unbranched alkanes of at least 4 members (excludes halogenated alkanes) is 3. The molecule has 0 atom stereocenters. The quantitative estimate of drug-likeness (QED) is 0.468. The molecule has 1 rings (SSSR count). The van der Waals surface area contributed by atoms with Crippen molar-refractivity contribution < 1.29 is 4.48 Å². The van der Waals surface area contributed by atoms with Crippen LogP contribution < -0.4 is 5.73 Å². The molecule has 2 nitrogen and oxygen atoms in total. The fourth-order valence-electron chi connectivity index (χ4n) is 1.44. The van der Waals surface area contributed by atoms with Gasteiger partial charge in [-0.2, -0.15) is 0 Å². The van der Waals surface area contributed by atoms with E-state index in [2.05, 4.69) is 47.1 Å². The second-order valence-corrected chi connectivity index (χ2v) is 6.16. The van der Waals surface area contributed by atoms with Crippen molar-refractivity contribution in [2.75, 3.05) is 33.4 Å². The first kappa shape index (κ1) is 18.0. The number of anilines is 1. The lowest BCUT2D eigenvalue weighted by Crippen LogP contribution is -2.33. The molecule has 0 aromatic heterocycles. The third-order valence-electron chi connectivity index (χ3n) is 3.25. The Hall–Kier alpha value is -1.02. The third-order valence-corrected chi connectivity index (χ3v) is 3.25. The monoisotopic (exact) mass is 265 g/mol. The molecule has 2 heteroatoms. The fourth-order valence-corrected chi connectivity index (χ4v) is 1.44. The number of aryl methyl sites for hydroxylation is 1. The lowest BCUT2D eigenvalue weighted by atomic mass is 10.1. The first-order chi connectivity index (χ1) is 8.89. The number of nitrogens with zero attached hydrogens (tertiary/aromatic N) is 1. The molecule has 0 heterocycles. The van der Waals surface area contributed by atoms with Gasteiger partial charge in [0.15, 0.2) is 0 Å². The molecule has 0 unspecified atom stereocenters. The van der Waals surface area contributed by atoms with Crippen LogP contribution in [0, 0.1) is 0 Å². The summed E-state index contributed by atoms with van der Waals surface area (Å²) in [4.78, 5) is 0. The zero-order valence-electron chi connectivity index (χ0n) is 13.6. The van der Waals surface area contributed by atoms with Gasteiger partial charge < -0.3 is 10.2 Å². The number of quaternary nitrogens is 1. The summed E-state index contributed by atoms with van der Waals surface area (Å²) in [6.07, 6.45) is 6.51. The van der Waals surface area contributed by atoms with Crippen molar-refractivity contribution in [2.24, 2.45) is 0 Å². The number of benzene rings is 1. The lowest BCUT2D eigenvalue weighted by Gasteiger charge is -2.20. The summed E-state index contributed by atoms with van der Waals surface area (Å²) in [6, 6.07) is 8.22. The zero-order valence-corrected chi connectivity index (χ0v) is 13.6. The number of hydrogen-bond acceptors (Lipinski definition) is 1. The second kappa shape index (κ2) is 9.85. The molecule has 0 saturated carbocycles. The highest BCUT2D eigenvalue weighted by molar-refractivity contribution is 5.39. The molecule has 19 heavy (non-hydrogen) atoms. The molecule has 0 fully saturated rings. The SMILES string of the molecule is CCCCCCc1ccc(N)cc1.CC[N+](C)(C)C. The van der Waals surface area contributed by atoms with Gasteiger partial charge in [0.2, 0.25) is 0 Å². The Morgan fingerprint density at radius 2 is 1.42 bits per heavy atom. The van der Waals surface area contributed by atoms with Crippen molar-refractivity contribution in [3.05, 3.63) is 29.8 Å². The Morgan fingerprint density at radius 3 is 1.84 bits per heavy atom. The van der Waals surface area contributed by atoms with Crippen molar-refractivity contribution in [1.29, 1.82) is 0 Å². The minimum atomic E-state index is 0.859. The third kappa shape index (κ3) is 11.8. The predicted molar refractivity (Wildman–Crippen MR) is 87.3 cm³/mol. The standard InChI is InChI=1S/C12H19N.C5H14N/c1-2-3-4-5-6-11-7-9-12(13)10-8-11;1-5-6(2,3)4/h7-10H,2-6,13H2,1H3;5H2,1-4H3/q;+1. The number of nitrogens with two attached hydrogens (primary N) is 1. The number of nitrogen functional groups attached to an aromatic ring is 1. The normalized spacial score (nSPS) is 10.8. The van der Waals surface area contributed by atoms with E-state index in [0.29, 0.717) is 0 Å². The van der Waals surface area contributed by atoms with Gasteiger partial charge in [0, 0.05) is 5.69 Å². The minimum Gasteiger partial charge on any atom is -0.399 e. The molecule has 110 valence electrons. The molecule has 0 aliphatic heterocycles. The van der Waals surface area contributed by atoms with Crippen LogP contribution in [-0.2, 0) is 6.42 Å². The summed E-state index contributed by atoms with van der Waals surface area (Å²) in [5.41, 5.74) is 7.87. The summed E-state index contributed by atoms with van der Waals surface area (Å²) in [7, 11) is 6.54. The Morgan fingerprint density at radius 1 is 0.895 bits per heavy atom. The molecule has 1 aromatic rings. The fraction of sp³-hybridized carbons (Fsp3) is 0.647. The van der Waals surface area contributed by atoms with E-state index < -0.39 is 0 Å². The molecular formula is C17H33N2+. The van der Waals surface area contributed by atoms with Crippen LogP contribution in [0.25, 0.3) is 0 Å². The van der Waals surface area contributed by atoms with Crippen LogP contribution in [-0.4, -0.2) is 32.2 Å². The van der Waals surface area contributed by atoms with Crippen molar-refractivity contribution in [2.45, 2.75) is 46.0 Å². The predicted octanol–water partition coefficient (Wildman–Crippen LogP) is 4.10. The molecule has 0 aliphatic carbocycles. The summed E-state index contributed by atoms with van der Waals surface area (Å²) >= 11 is 0. The van der Waals surface area contributed by atoms with Crippen LogP contribution >= 0.6 is 0 Å². The van der Waals surface area contributed by atoms with Gasteiger partial charge in [0.25, 0.3) is 0 Å². The maximum absolute atomic E-state index is 5.60. The van der Waals surface area contributed by atoms with Gasteiger partial charge >= 0.3 is 0 Å². The van der Waals surface area contributed by atoms with E-state index in [1.165, 1.54) is 44.2 Å². The van der Waals surface area contributed by atoms with Crippen molar-refractivity contribution in [1.82, 2.24) is 0 Å². The lowest BCUT2D eigenvalue weighted by molar-refractivity contribution is -0.868. The maximum Gasteiger partial charge on any atom is 0.0751 e.